The van der Waals surface area contributed by atoms with E-state index in [1.165, 1.54) is 5.56 Å². The van der Waals surface area contributed by atoms with Gasteiger partial charge in [0.2, 0.25) is 0 Å². The Labute approximate surface area is 144 Å². The molecule has 0 aliphatic rings. The van der Waals surface area contributed by atoms with Crippen molar-refractivity contribution in [3.05, 3.63) is 83.9 Å². The van der Waals surface area contributed by atoms with Gasteiger partial charge < -0.3 is 4.42 Å². The molecule has 0 spiro atoms. The van der Waals surface area contributed by atoms with Gasteiger partial charge in [0.25, 0.3) is 0 Å². The molecule has 0 aliphatic heterocycles. The molecular formula is C22H13ClO. The molecule has 0 unspecified atom stereocenters. The lowest BCUT2D eigenvalue weighted by molar-refractivity contribution is 0.673. The second-order valence-corrected chi connectivity index (χ2v) is 6.37. The zero-order chi connectivity index (χ0) is 16.1. The van der Waals surface area contributed by atoms with E-state index in [-0.39, 0.29) is 0 Å². The average molecular weight is 329 g/mol. The predicted octanol–water partition coefficient (Wildman–Crippen LogP) is 7.06. The van der Waals surface area contributed by atoms with Crippen molar-refractivity contribution in [2.75, 3.05) is 0 Å². The van der Waals surface area contributed by atoms with Crippen molar-refractivity contribution in [2.24, 2.45) is 0 Å². The quantitative estimate of drug-likeness (QED) is 0.321. The number of hydrogen-bond donors (Lipinski definition) is 0. The van der Waals surface area contributed by atoms with Crippen LogP contribution in [0.2, 0.25) is 5.02 Å². The average Bonchev–Trinajstić information content (AvgIpc) is 3.02. The molecule has 5 rings (SSSR count). The highest BCUT2D eigenvalue weighted by Crippen LogP contribution is 2.40. The molecule has 1 aromatic heterocycles. The van der Waals surface area contributed by atoms with Gasteiger partial charge >= 0.3 is 0 Å². The van der Waals surface area contributed by atoms with Crippen molar-refractivity contribution in [3.8, 4) is 11.1 Å². The van der Waals surface area contributed by atoms with Gasteiger partial charge in [0.15, 0.2) is 0 Å². The van der Waals surface area contributed by atoms with E-state index in [4.69, 9.17) is 16.0 Å². The highest BCUT2D eigenvalue weighted by molar-refractivity contribution is 6.39. The Morgan fingerprint density at radius 1 is 0.667 bits per heavy atom. The Kier molecular flexibility index (Phi) is 2.91. The summed E-state index contributed by atoms with van der Waals surface area (Å²) in [5.41, 5.74) is 4.04. The lowest BCUT2D eigenvalue weighted by Crippen LogP contribution is -1.77. The Bertz CT molecular complexity index is 1200. The molecule has 0 amide bonds. The van der Waals surface area contributed by atoms with E-state index in [1.54, 1.807) is 0 Å². The van der Waals surface area contributed by atoms with Crippen LogP contribution in [0.4, 0.5) is 0 Å². The molecule has 0 saturated carbocycles. The topological polar surface area (TPSA) is 13.1 Å². The van der Waals surface area contributed by atoms with E-state index in [1.807, 2.05) is 36.4 Å². The summed E-state index contributed by atoms with van der Waals surface area (Å²) in [7, 11) is 0. The molecule has 5 aromatic rings. The molecule has 0 radical (unpaired) electrons. The van der Waals surface area contributed by atoms with E-state index in [9.17, 15) is 0 Å². The van der Waals surface area contributed by atoms with Gasteiger partial charge in [-0.2, -0.15) is 0 Å². The fourth-order valence-corrected chi connectivity index (χ4v) is 3.68. The number of halogens is 1. The van der Waals surface area contributed by atoms with Gasteiger partial charge in [0, 0.05) is 16.2 Å². The second kappa shape index (κ2) is 5.12. The minimum Gasteiger partial charge on any atom is -0.455 e. The number of benzene rings is 4. The Morgan fingerprint density at radius 2 is 1.46 bits per heavy atom. The van der Waals surface area contributed by atoms with Crippen molar-refractivity contribution in [2.45, 2.75) is 0 Å². The van der Waals surface area contributed by atoms with Crippen molar-refractivity contribution >= 4 is 44.3 Å². The number of fused-ring (bicyclic) bond motifs is 5. The molecule has 0 aliphatic carbocycles. The van der Waals surface area contributed by atoms with Crippen LogP contribution in [0.25, 0.3) is 43.8 Å². The van der Waals surface area contributed by atoms with E-state index in [0.29, 0.717) is 0 Å². The number of rotatable bonds is 1. The maximum Gasteiger partial charge on any atom is 0.144 e. The van der Waals surface area contributed by atoms with Gasteiger partial charge in [-0.3, -0.25) is 0 Å². The third-order valence-corrected chi connectivity index (χ3v) is 4.82. The number of furan rings is 1. The van der Waals surface area contributed by atoms with Crippen molar-refractivity contribution < 1.29 is 4.42 Å². The summed E-state index contributed by atoms with van der Waals surface area (Å²) in [6.45, 7) is 0. The molecule has 2 heteroatoms. The van der Waals surface area contributed by atoms with Crippen LogP contribution >= 0.6 is 11.6 Å². The molecule has 0 bridgehead atoms. The summed E-state index contributed by atoms with van der Waals surface area (Å²) in [5, 5.41) is 4.96. The lowest BCUT2D eigenvalue weighted by atomic mass is 10.0. The molecule has 0 N–H and O–H groups in total. The van der Waals surface area contributed by atoms with Crippen LogP contribution in [0.15, 0.2) is 83.3 Å². The highest BCUT2D eigenvalue weighted by atomic mass is 35.5. The van der Waals surface area contributed by atoms with Crippen molar-refractivity contribution in [1.29, 1.82) is 0 Å². The first kappa shape index (κ1) is 13.6. The van der Waals surface area contributed by atoms with Crippen molar-refractivity contribution in [3.63, 3.8) is 0 Å². The van der Waals surface area contributed by atoms with Crippen LogP contribution in [0, 0.1) is 0 Å². The molecular weight excluding hydrogens is 316 g/mol. The van der Waals surface area contributed by atoms with Gasteiger partial charge in [-0.1, -0.05) is 72.3 Å². The molecule has 1 nitrogen and oxygen atoms in total. The SMILES string of the molecule is Clc1cc2ccccc2c2oc3cc(-c4ccccc4)ccc3c12. The fraction of sp³-hybridized carbons (Fsp3) is 0. The van der Waals surface area contributed by atoms with Gasteiger partial charge in [0.1, 0.15) is 11.2 Å². The first-order valence-corrected chi connectivity index (χ1v) is 8.28. The molecule has 0 fully saturated rings. The van der Waals surface area contributed by atoms with E-state index < -0.39 is 0 Å². The summed E-state index contributed by atoms with van der Waals surface area (Å²) in [5.74, 6) is 0. The van der Waals surface area contributed by atoms with E-state index >= 15 is 0 Å². The minimum atomic E-state index is 0.731. The fourth-order valence-electron chi connectivity index (χ4n) is 3.37. The first-order valence-electron chi connectivity index (χ1n) is 7.90. The van der Waals surface area contributed by atoms with Crippen LogP contribution in [0.5, 0.6) is 0 Å². The zero-order valence-electron chi connectivity index (χ0n) is 12.8. The molecule has 0 saturated heterocycles. The molecule has 24 heavy (non-hydrogen) atoms. The number of hydrogen-bond acceptors (Lipinski definition) is 1. The second-order valence-electron chi connectivity index (χ2n) is 5.96. The van der Waals surface area contributed by atoms with Gasteiger partial charge in [0.05, 0.1) is 5.02 Å². The maximum atomic E-state index is 6.55. The normalized spacial score (nSPS) is 11.5. The van der Waals surface area contributed by atoms with Gasteiger partial charge in [-0.15, -0.1) is 0 Å². The Morgan fingerprint density at radius 3 is 2.33 bits per heavy atom. The Balaban J connectivity index is 1.87. The van der Waals surface area contributed by atoms with E-state index in [2.05, 4.69) is 42.5 Å². The van der Waals surface area contributed by atoms with Crippen LogP contribution < -0.4 is 0 Å². The summed E-state index contributed by atoms with van der Waals surface area (Å²) in [6.07, 6.45) is 0. The maximum absolute atomic E-state index is 6.55. The molecule has 4 aromatic carbocycles. The van der Waals surface area contributed by atoms with Crippen molar-refractivity contribution in [1.82, 2.24) is 0 Å². The summed E-state index contributed by atoms with van der Waals surface area (Å²) < 4.78 is 6.22. The van der Waals surface area contributed by atoms with Crippen LogP contribution in [0.3, 0.4) is 0 Å². The van der Waals surface area contributed by atoms with Gasteiger partial charge in [-0.25, -0.2) is 0 Å². The zero-order valence-corrected chi connectivity index (χ0v) is 13.5. The largest absolute Gasteiger partial charge is 0.455 e. The van der Waals surface area contributed by atoms with Crippen LogP contribution in [0.1, 0.15) is 0 Å². The highest BCUT2D eigenvalue weighted by Gasteiger charge is 2.14. The standard InChI is InChI=1S/C22H13ClO/c23-19-12-16-8-4-5-9-17(16)22-21(19)18-11-10-15(13-20(18)24-22)14-6-2-1-3-7-14/h1-13H. The summed E-state index contributed by atoms with van der Waals surface area (Å²) >= 11 is 6.55. The Hall–Kier alpha value is -2.77. The summed E-state index contributed by atoms with van der Waals surface area (Å²) in [6, 6.07) is 26.8. The molecule has 114 valence electrons. The monoisotopic (exact) mass is 328 g/mol. The smallest absolute Gasteiger partial charge is 0.144 e. The van der Waals surface area contributed by atoms with Crippen LogP contribution in [-0.4, -0.2) is 0 Å². The first-order chi connectivity index (χ1) is 11.8. The van der Waals surface area contributed by atoms with Gasteiger partial charge in [-0.05, 0) is 34.7 Å². The summed E-state index contributed by atoms with van der Waals surface area (Å²) in [4.78, 5) is 0. The third kappa shape index (κ3) is 1.95. The van der Waals surface area contributed by atoms with Crippen LogP contribution in [-0.2, 0) is 0 Å². The van der Waals surface area contributed by atoms with E-state index in [0.717, 1.165) is 43.3 Å². The third-order valence-electron chi connectivity index (χ3n) is 4.52. The lowest BCUT2D eigenvalue weighted by Gasteiger charge is -2.01. The molecule has 1 heterocycles. The molecule has 0 atom stereocenters. The minimum absolute atomic E-state index is 0.731. The predicted molar refractivity (Wildman–Crippen MR) is 102 cm³/mol.